The van der Waals surface area contributed by atoms with E-state index in [4.69, 9.17) is 11.1 Å². The molecule has 0 saturated carbocycles. The minimum atomic E-state index is -0.433. The average molecular weight is 309 g/mol. The number of benzene rings is 1. The van der Waals surface area contributed by atoms with E-state index in [-0.39, 0.29) is 10.6 Å². The van der Waals surface area contributed by atoms with Crippen LogP contribution in [0.1, 0.15) is 6.92 Å². The number of hydrogen-bond donors (Lipinski definition) is 3. The molecule has 116 valence electrons. The normalized spacial score (nSPS) is 19.6. The fraction of sp³-hybridized carbons (Fsp3) is 0.125. The van der Waals surface area contributed by atoms with Crippen LogP contribution in [0.15, 0.2) is 53.4 Å². The number of amides is 1. The van der Waals surface area contributed by atoms with E-state index in [0.717, 1.165) is 16.6 Å². The maximum absolute atomic E-state index is 12.0. The van der Waals surface area contributed by atoms with Gasteiger partial charge in [0.15, 0.2) is 11.6 Å². The largest absolute Gasteiger partial charge is 0.370 e. The van der Waals surface area contributed by atoms with Crippen molar-refractivity contribution in [1.82, 2.24) is 14.9 Å². The van der Waals surface area contributed by atoms with Gasteiger partial charge in [0, 0.05) is 23.7 Å². The minimum Gasteiger partial charge on any atom is -0.370 e. The molecule has 0 bridgehead atoms. The minimum absolute atomic E-state index is 0.186. The topological polar surface area (TPSA) is 104 Å². The van der Waals surface area contributed by atoms with E-state index in [1.54, 1.807) is 12.4 Å². The second kappa shape index (κ2) is 5.62. The van der Waals surface area contributed by atoms with Crippen LogP contribution in [-0.4, -0.2) is 29.6 Å². The molecule has 7 nitrogen and oxygen atoms in total. The number of nitrogens with one attached hydrogen (secondary N) is 2. The standard InChI is InChI=1S/C16H16N6O/c1-2-22(10-12(9-20-22)15(23)21-16(17)18)13-5-6-14-11(8-13)4-3-7-19-14/h3-10H,2H2,1H3,(H3-,17,18,21,23)/p+1. The van der Waals surface area contributed by atoms with E-state index in [2.05, 4.69) is 15.4 Å². The molecule has 1 unspecified atom stereocenters. The molecule has 7 heteroatoms. The van der Waals surface area contributed by atoms with Gasteiger partial charge in [-0.05, 0) is 19.1 Å². The summed E-state index contributed by atoms with van der Waals surface area (Å²) in [6.45, 7) is 2.65. The summed E-state index contributed by atoms with van der Waals surface area (Å²) in [5.41, 5.74) is 7.43. The van der Waals surface area contributed by atoms with Crippen molar-refractivity contribution in [2.75, 3.05) is 6.54 Å². The smallest absolute Gasteiger partial charge is 0.265 e. The molecule has 1 aromatic carbocycles. The van der Waals surface area contributed by atoms with Crippen molar-refractivity contribution in [1.29, 1.82) is 5.41 Å². The summed E-state index contributed by atoms with van der Waals surface area (Å²) >= 11 is 0. The van der Waals surface area contributed by atoms with Crippen molar-refractivity contribution in [3.05, 3.63) is 48.3 Å². The molecule has 0 radical (unpaired) electrons. The third-order valence-corrected chi connectivity index (χ3v) is 3.78. The Bertz CT molecular complexity index is 857. The Balaban J connectivity index is 2.01. The van der Waals surface area contributed by atoms with Gasteiger partial charge in [-0.1, -0.05) is 11.2 Å². The Kier molecular flexibility index (Phi) is 3.63. The number of nitrogens with two attached hydrogens (primary N) is 1. The average Bonchev–Trinajstić information content (AvgIpc) is 3.00. The first-order valence-electron chi connectivity index (χ1n) is 7.21. The van der Waals surface area contributed by atoms with Gasteiger partial charge in [0.1, 0.15) is 24.5 Å². The summed E-state index contributed by atoms with van der Waals surface area (Å²) < 4.78 is 0.186. The highest BCUT2D eigenvalue weighted by molar-refractivity contribution is 6.17. The van der Waals surface area contributed by atoms with Crippen molar-refractivity contribution in [3.8, 4) is 0 Å². The van der Waals surface area contributed by atoms with Crippen LogP contribution in [-0.2, 0) is 4.79 Å². The number of aromatic nitrogens is 1. The van der Waals surface area contributed by atoms with Gasteiger partial charge < -0.3 is 5.73 Å². The third-order valence-electron chi connectivity index (χ3n) is 3.78. The summed E-state index contributed by atoms with van der Waals surface area (Å²) in [4.78, 5) is 16.3. The lowest BCUT2D eigenvalue weighted by Gasteiger charge is -2.23. The zero-order chi connectivity index (χ0) is 16.4. The molecule has 1 aliphatic rings. The molecule has 2 aromatic rings. The molecule has 4 N–H and O–H groups in total. The zero-order valence-electron chi connectivity index (χ0n) is 12.7. The van der Waals surface area contributed by atoms with Gasteiger partial charge in [0.25, 0.3) is 5.91 Å². The molecule has 1 aliphatic heterocycles. The maximum atomic E-state index is 12.0. The van der Waals surface area contributed by atoms with Crippen molar-refractivity contribution in [2.24, 2.45) is 10.8 Å². The van der Waals surface area contributed by atoms with Crippen molar-refractivity contribution in [2.45, 2.75) is 6.92 Å². The number of quaternary nitrogens is 1. The first-order valence-corrected chi connectivity index (χ1v) is 7.21. The first-order chi connectivity index (χ1) is 11.0. The van der Waals surface area contributed by atoms with E-state index < -0.39 is 5.91 Å². The molecule has 0 aliphatic carbocycles. The zero-order valence-corrected chi connectivity index (χ0v) is 12.7. The Morgan fingerprint density at radius 2 is 2.22 bits per heavy atom. The second-order valence-electron chi connectivity index (χ2n) is 5.22. The number of fused-ring (bicyclic) bond motifs is 1. The SMILES string of the molecule is CC[N+]1(c2ccc3ncccc3c2)C=C(C(=O)NC(=N)N)C=N1. The fourth-order valence-electron chi connectivity index (χ4n) is 2.57. The summed E-state index contributed by atoms with van der Waals surface area (Å²) in [5, 5.41) is 14.9. The van der Waals surface area contributed by atoms with Gasteiger partial charge in [-0.25, -0.2) is 0 Å². The van der Waals surface area contributed by atoms with Gasteiger partial charge in [-0.3, -0.25) is 20.5 Å². The molecule has 1 atom stereocenters. The van der Waals surface area contributed by atoms with Crippen LogP contribution >= 0.6 is 0 Å². The monoisotopic (exact) mass is 309 g/mol. The van der Waals surface area contributed by atoms with Crippen LogP contribution < -0.4 is 15.6 Å². The lowest BCUT2D eigenvalue weighted by Crippen LogP contribution is -2.38. The Labute approximate surface area is 133 Å². The van der Waals surface area contributed by atoms with E-state index >= 15 is 0 Å². The molecular weight excluding hydrogens is 292 g/mol. The van der Waals surface area contributed by atoms with Gasteiger partial charge in [-0.15, -0.1) is 4.59 Å². The quantitative estimate of drug-likeness (QED) is 0.454. The maximum Gasteiger partial charge on any atom is 0.265 e. The highest BCUT2D eigenvalue weighted by Gasteiger charge is 2.34. The fourth-order valence-corrected chi connectivity index (χ4v) is 2.57. The number of rotatable bonds is 3. The van der Waals surface area contributed by atoms with Crippen LogP contribution in [0.2, 0.25) is 0 Å². The number of hydrogen-bond acceptors (Lipinski definition) is 4. The predicted octanol–water partition coefficient (Wildman–Crippen LogP) is 1.45. The molecular formula is C16H17N6O+. The Morgan fingerprint density at radius 3 is 2.96 bits per heavy atom. The molecule has 0 spiro atoms. The lowest BCUT2D eigenvalue weighted by atomic mass is 10.2. The second-order valence-corrected chi connectivity index (χ2v) is 5.22. The Morgan fingerprint density at radius 1 is 1.39 bits per heavy atom. The molecule has 2 heterocycles. The van der Waals surface area contributed by atoms with Crippen LogP contribution in [0.3, 0.4) is 0 Å². The van der Waals surface area contributed by atoms with E-state index in [1.807, 2.05) is 37.3 Å². The highest BCUT2D eigenvalue weighted by Crippen LogP contribution is 2.31. The van der Waals surface area contributed by atoms with Crippen LogP contribution in [0.5, 0.6) is 0 Å². The number of carbonyl (C=O) groups is 1. The van der Waals surface area contributed by atoms with Gasteiger partial charge in [-0.2, -0.15) is 0 Å². The van der Waals surface area contributed by atoms with Crippen LogP contribution in [0, 0.1) is 5.41 Å². The summed E-state index contributed by atoms with van der Waals surface area (Å²) in [6, 6.07) is 9.80. The van der Waals surface area contributed by atoms with E-state index in [9.17, 15) is 4.79 Å². The molecule has 3 rings (SSSR count). The molecule has 23 heavy (non-hydrogen) atoms. The summed E-state index contributed by atoms with van der Waals surface area (Å²) in [5.74, 6) is -0.820. The number of nitrogens with zero attached hydrogens (tertiary/aromatic N) is 3. The predicted molar refractivity (Wildman–Crippen MR) is 90.7 cm³/mol. The number of carbonyl (C=O) groups excluding carboxylic acids is 1. The molecule has 1 amide bonds. The van der Waals surface area contributed by atoms with E-state index in [0.29, 0.717) is 12.1 Å². The molecule has 0 saturated heterocycles. The number of pyridine rings is 1. The lowest BCUT2D eigenvalue weighted by molar-refractivity contribution is -0.115. The van der Waals surface area contributed by atoms with Crippen LogP contribution in [0.4, 0.5) is 5.69 Å². The van der Waals surface area contributed by atoms with Crippen molar-refractivity contribution < 1.29 is 4.79 Å². The van der Waals surface area contributed by atoms with Crippen molar-refractivity contribution >= 4 is 34.7 Å². The molecule has 0 fully saturated rings. The summed E-state index contributed by atoms with van der Waals surface area (Å²) in [6.07, 6.45) is 5.02. The van der Waals surface area contributed by atoms with Crippen molar-refractivity contribution in [3.63, 3.8) is 0 Å². The van der Waals surface area contributed by atoms with Gasteiger partial charge in [0.05, 0.1) is 5.52 Å². The summed E-state index contributed by atoms with van der Waals surface area (Å²) in [7, 11) is 0. The van der Waals surface area contributed by atoms with Gasteiger partial charge in [0.2, 0.25) is 0 Å². The van der Waals surface area contributed by atoms with Gasteiger partial charge >= 0.3 is 0 Å². The Hall–Kier alpha value is -3.06. The number of guanidine groups is 1. The highest BCUT2D eigenvalue weighted by atomic mass is 16.2. The molecule has 1 aromatic heterocycles. The third kappa shape index (κ3) is 2.69. The first kappa shape index (κ1) is 14.9. The van der Waals surface area contributed by atoms with E-state index in [1.165, 1.54) is 6.21 Å². The van der Waals surface area contributed by atoms with Crippen LogP contribution in [0.25, 0.3) is 10.9 Å².